The van der Waals surface area contributed by atoms with Crippen LogP contribution in [0.4, 0.5) is 4.79 Å². The molecule has 126 valence electrons. The van der Waals surface area contributed by atoms with E-state index in [-0.39, 0.29) is 18.4 Å². The van der Waals surface area contributed by atoms with Gasteiger partial charge in [0.2, 0.25) is 0 Å². The molecule has 2 aliphatic rings. The minimum Gasteiger partial charge on any atom is -0.465 e. The Morgan fingerprint density at radius 1 is 1.35 bits per heavy atom. The molecule has 2 N–H and O–H groups in total. The molecule has 1 aromatic carbocycles. The topological polar surface area (TPSA) is 78.9 Å². The lowest BCUT2D eigenvalue weighted by Gasteiger charge is -2.26. The Kier molecular flexibility index (Phi) is 6.55. The lowest BCUT2D eigenvalue weighted by molar-refractivity contribution is -0.124. The minimum absolute atomic E-state index is 0.0694. The average Bonchev–Trinajstić information content (AvgIpc) is 3.10. The van der Waals surface area contributed by atoms with Crippen LogP contribution in [-0.4, -0.2) is 54.7 Å². The van der Waals surface area contributed by atoms with Gasteiger partial charge >= 0.3 is 6.09 Å². The first-order valence-electron chi connectivity index (χ1n) is 7.91. The third-order valence-corrected chi connectivity index (χ3v) is 4.14. The molecule has 23 heavy (non-hydrogen) atoms. The fourth-order valence-corrected chi connectivity index (χ4v) is 2.86. The van der Waals surface area contributed by atoms with Crippen LogP contribution in [0.1, 0.15) is 24.0 Å². The number of carboxylic acid groups (broad SMARTS) is 1. The fourth-order valence-electron chi connectivity index (χ4n) is 2.86. The number of nitrogens with one attached hydrogen (secondary N) is 1. The number of fused-ring (bicyclic) bond motifs is 1. The third kappa shape index (κ3) is 5.04. The number of rotatable bonds is 3. The van der Waals surface area contributed by atoms with Gasteiger partial charge in [-0.3, -0.25) is 4.79 Å². The van der Waals surface area contributed by atoms with Crippen LogP contribution < -0.4 is 5.32 Å². The second-order valence-corrected chi connectivity index (χ2v) is 5.77. The van der Waals surface area contributed by atoms with Crippen LogP contribution in [0, 0.1) is 0 Å². The maximum Gasteiger partial charge on any atom is 0.407 e. The van der Waals surface area contributed by atoms with Crippen LogP contribution in [-0.2, 0) is 22.5 Å². The normalized spacial score (nSPS) is 19.5. The number of methoxy groups -OCH3 is 1. The smallest absolute Gasteiger partial charge is 0.407 e. The van der Waals surface area contributed by atoms with E-state index < -0.39 is 6.09 Å². The number of hydrogen-bond acceptors (Lipinski definition) is 4. The van der Waals surface area contributed by atoms with Gasteiger partial charge in [0.1, 0.15) is 6.61 Å². The van der Waals surface area contributed by atoms with Crippen molar-refractivity contribution in [1.29, 1.82) is 0 Å². The molecule has 1 atom stereocenters. The molecule has 1 unspecified atom stereocenters. The van der Waals surface area contributed by atoms with Crippen LogP contribution >= 0.6 is 0 Å². The van der Waals surface area contributed by atoms with Gasteiger partial charge in [0.25, 0.3) is 0 Å². The van der Waals surface area contributed by atoms with Crippen molar-refractivity contribution in [3.05, 3.63) is 35.4 Å². The third-order valence-electron chi connectivity index (χ3n) is 4.14. The summed E-state index contributed by atoms with van der Waals surface area (Å²) in [5.74, 6) is 0.181. The number of Topliss-reactive ketones (excluding diaryl/α,β-unsaturated/α-hetero) is 1. The molecule has 0 aliphatic carbocycles. The van der Waals surface area contributed by atoms with Crippen LogP contribution in [0.5, 0.6) is 0 Å². The van der Waals surface area contributed by atoms with E-state index in [1.165, 1.54) is 10.5 Å². The highest BCUT2D eigenvalue weighted by Crippen LogP contribution is 2.17. The Balaban J connectivity index is 0.000000174. The molecule has 0 aromatic heterocycles. The van der Waals surface area contributed by atoms with E-state index in [0.29, 0.717) is 13.1 Å². The minimum atomic E-state index is -0.825. The van der Waals surface area contributed by atoms with Crippen LogP contribution in [0.2, 0.25) is 0 Å². The lowest BCUT2D eigenvalue weighted by atomic mass is 10.0. The summed E-state index contributed by atoms with van der Waals surface area (Å²) in [5.41, 5.74) is 2.41. The quantitative estimate of drug-likeness (QED) is 0.886. The molecule has 1 fully saturated rings. The van der Waals surface area contributed by atoms with Gasteiger partial charge < -0.3 is 20.1 Å². The summed E-state index contributed by atoms with van der Waals surface area (Å²) in [6.45, 7) is 2.37. The number of carbonyl (C=O) groups is 2. The molecule has 0 saturated carbocycles. The fraction of sp³-hybridized carbons (Fsp3) is 0.529. The Labute approximate surface area is 136 Å². The van der Waals surface area contributed by atoms with Gasteiger partial charge in [-0.2, -0.15) is 0 Å². The summed E-state index contributed by atoms with van der Waals surface area (Å²) in [4.78, 5) is 23.2. The number of carbonyl (C=O) groups excluding carboxylic acids is 1. The van der Waals surface area contributed by atoms with Crippen molar-refractivity contribution in [2.45, 2.75) is 31.8 Å². The summed E-state index contributed by atoms with van der Waals surface area (Å²) in [6.07, 6.45) is 2.10. The summed E-state index contributed by atoms with van der Waals surface area (Å²) in [5, 5.41) is 11.9. The molecule has 6 nitrogen and oxygen atoms in total. The molecular formula is C17H24N2O4. The molecule has 3 rings (SSSR count). The molecule has 0 radical (unpaired) electrons. The van der Waals surface area contributed by atoms with E-state index in [0.717, 1.165) is 31.4 Å². The highest BCUT2D eigenvalue weighted by Gasteiger charge is 2.21. The second kappa shape index (κ2) is 8.64. The van der Waals surface area contributed by atoms with Gasteiger partial charge in [-0.25, -0.2) is 4.79 Å². The summed E-state index contributed by atoms with van der Waals surface area (Å²) in [7, 11) is 1.55. The van der Waals surface area contributed by atoms with Gasteiger partial charge in [-0.05, 0) is 36.9 Å². The Bertz CT molecular complexity index is 541. The van der Waals surface area contributed by atoms with Crippen molar-refractivity contribution in [1.82, 2.24) is 10.2 Å². The molecular weight excluding hydrogens is 296 g/mol. The predicted molar refractivity (Wildman–Crippen MR) is 86.5 cm³/mol. The van der Waals surface area contributed by atoms with E-state index in [4.69, 9.17) is 9.84 Å². The Hall–Kier alpha value is -1.92. The second-order valence-electron chi connectivity index (χ2n) is 5.77. The molecule has 1 amide bonds. The van der Waals surface area contributed by atoms with Crippen molar-refractivity contribution in [2.75, 3.05) is 26.8 Å². The van der Waals surface area contributed by atoms with Gasteiger partial charge in [0, 0.05) is 20.2 Å². The predicted octanol–water partition coefficient (Wildman–Crippen LogP) is 1.68. The number of ketones is 1. The van der Waals surface area contributed by atoms with E-state index in [1.807, 2.05) is 18.2 Å². The number of benzene rings is 1. The largest absolute Gasteiger partial charge is 0.465 e. The van der Waals surface area contributed by atoms with E-state index in [1.54, 1.807) is 7.11 Å². The number of ether oxygens (including phenoxy) is 1. The highest BCUT2D eigenvalue weighted by atomic mass is 16.5. The number of hydrogen-bond donors (Lipinski definition) is 2. The molecule has 2 heterocycles. The maximum atomic E-state index is 11.1. The van der Waals surface area contributed by atoms with Crippen LogP contribution in [0.15, 0.2) is 24.3 Å². The zero-order chi connectivity index (χ0) is 16.7. The standard InChI is InChI=1S/C10H11NO2.C7H13NO2/c12-10(13)11-6-5-8-3-1-2-4-9(8)7-11;1-10-5-7(9)6-3-2-4-8-6/h1-4H,5-7H2,(H,12,13);6,8H,2-5H2,1H3. The molecule has 0 spiro atoms. The zero-order valence-corrected chi connectivity index (χ0v) is 13.5. The van der Waals surface area contributed by atoms with Crippen molar-refractivity contribution in [2.24, 2.45) is 0 Å². The van der Waals surface area contributed by atoms with Gasteiger partial charge in [-0.1, -0.05) is 24.3 Å². The molecule has 0 bridgehead atoms. The molecule has 6 heteroatoms. The molecule has 1 saturated heterocycles. The van der Waals surface area contributed by atoms with Gasteiger partial charge in [-0.15, -0.1) is 0 Å². The first-order valence-corrected chi connectivity index (χ1v) is 7.91. The van der Waals surface area contributed by atoms with E-state index in [9.17, 15) is 9.59 Å². The lowest BCUT2D eigenvalue weighted by Crippen LogP contribution is -2.34. The summed E-state index contributed by atoms with van der Waals surface area (Å²) >= 11 is 0. The monoisotopic (exact) mass is 320 g/mol. The van der Waals surface area contributed by atoms with Gasteiger partial charge in [0.05, 0.1) is 6.04 Å². The van der Waals surface area contributed by atoms with Crippen molar-refractivity contribution < 1.29 is 19.4 Å². The SMILES string of the molecule is COCC(=O)C1CCCN1.O=C(O)N1CCc2ccccc2C1. The van der Waals surface area contributed by atoms with Crippen molar-refractivity contribution in [3.8, 4) is 0 Å². The van der Waals surface area contributed by atoms with Crippen molar-refractivity contribution in [3.63, 3.8) is 0 Å². The van der Waals surface area contributed by atoms with Gasteiger partial charge in [0.15, 0.2) is 5.78 Å². The first kappa shape index (κ1) is 17.4. The van der Waals surface area contributed by atoms with Crippen molar-refractivity contribution >= 4 is 11.9 Å². The summed E-state index contributed by atoms with van der Waals surface area (Å²) < 4.78 is 4.73. The molecule has 2 aliphatic heterocycles. The average molecular weight is 320 g/mol. The van der Waals surface area contributed by atoms with Crippen LogP contribution in [0.25, 0.3) is 0 Å². The zero-order valence-electron chi connectivity index (χ0n) is 13.5. The maximum absolute atomic E-state index is 11.1. The van der Waals surface area contributed by atoms with E-state index >= 15 is 0 Å². The molecule has 1 aromatic rings. The highest BCUT2D eigenvalue weighted by molar-refractivity contribution is 5.85. The Morgan fingerprint density at radius 2 is 2.09 bits per heavy atom. The number of nitrogens with zero attached hydrogens (tertiary/aromatic N) is 1. The van der Waals surface area contributed by atoms with E-state index in [2.05, 4.69) is 11.4 Å². The first-order chi connectivity index (χ1) is 11.1. The Morgan fingerprint density at radius 3 is 2.70 bits per heavy atom. The number of amides is 1. The summed E-state index contributed by atoms with van der Waals surface area (Å²) in [6, 6.07) is 8.07. The van der Waals surface area contributed by atoms with Crippen LogP contribution in [0.3, 0.4) is 0 Å².